The van der Waals surface area contributed by atoms with E-state index in [4.69, 9.17) is 9.47 Å². The van der Waals surface area contributed by atoms with Gasteiger partial charge in [-0.05, 0) is 36.6 Å². The van der Waals surface area contributed by atoms with Gasteiger partial charge in [0.05, 0.1) is 4.90 Å². The second kappa shape index (κ2) is 7.19. The average molecular weight is 388 g/mol. The molecular weight excluding hydrogens is 368 g/mol. The maximum Gasteiger partial charge on any atom is 0.223 e. The van der Waals surface area contributed by atoms with E-state index in [0.717, 1.165) is 12.8 Å². The second-order valence-corrected chi connectivity index (χ2v) is 8.78. The highest BCUT2D eigenvalue weighted by Gasteiger charge is 2.34. The van der Waals surface area contributed by atoms with E-state index in [9.17, 15) is 13.2 Å². The fourth-order valence-corrected chi connectivity index (χ4v) is 4.68. The van der Waals surface area contributed by atoms with Gasteiger partial charge in [-0.3, -0.25) is 9.78 Å². The van der Waals surface area contributed by atoms with Crippen LogP contribution in [0.4, 0.5) is 0 Å². The van der Waals surface area contributed by atoms with E-state index < -0.39 is 15.1 Å². The Morgan fingerprint density at radius 3 is 2.67 bits per heavy atom. The number of nitrogens with one attached hydrogen (secondary N) is 1. The van der Waals surface area contributed by atoms with Crippen LogP contribution in [0.15, 0.2) is 47.6 Å². The number of carbonyl (C=O) groups excluding carboxylic acids is 1. The van der Waals surface area contributed by atoms with Crippen molar-refractivity contribution >= 4 is 15.7 Å². The van der Waals surface area contributed by atoms with Crippen LogP contribution in [0.3, 0.4) is 0 Å². The highest BCUT2D eigenvalue weighted by atomic mass is 32.2. The fourth-order valence-electron chi connectivity index (χ4n) is 3.02. The lowest BCUT2D eigenvalue weighted by atomic mass is 10.2. The minimum Gasteiger partial charge on any atom is -0.486 e. The summed E-state index contributed by atoms with van der Waals surface area (Å²) in [4.78, 5) is 16.2. The quantitative estimate of drug-likeness (QED) is 0.812. The molecule has 1 aromatic carbocycles. The molecule has 0 saturated heterocycles. The van der Waals surface area contributed by atoms with Gasteiger partial charge < -0.3 is 14.8 Å². The van der Waals surface area contributed by atoms with Gasteiger partial charge in [0.1, 0.15) is 18.5 Å². The normalized spacial score (nSPS) is 17.2. The molecular formula is C19H20N2O5S. The molecule has 1 aliphatic carbocycles. The Labute approximate surface area is 157 Å². The molecule has 27 heavy (non-hydrogen) atoms. The van der Waals surface area contributed by atoms with Gasteiger partial charge in [0, 0.05) is 30.9 Å². The zero-order valence-electron chi connectivity index (χ0n) is 14.6. The molecule has 0 unspecified atom stereocenters. The monoisotopic (exact) mass is 388 g/mol. The minimum absolute atomic E-state index is 0.00218. The van der Waals surface area contributed by atoms with Crippen LogP contribution < -0.4 is 14.8 Å². The Bertz CT molecular complexity index is 942. The predicted molar refractivity (Wildman–Crippen MR) is 97.3 cm³/mol. The number of amides is 1. The SMILES string of the molecule is O=C(NC[C@@H](c1cccnc1)S(=O)(=O)c1ccc2c(c1)OCCO2)C1CC1. The molecule has 1 fully saturated rings. The predicted octanol–water partition coefficient (Wildman–Crippen LogP) is 1.89. The van der Waals surface area contributed by atoms with E-state index in [2.05, 4.69) is 10.3 Å². The maximum atomic E-state index is 13.3. The lowest BCUT2D eigenvalue weighted by Gasteiger charge is -2.21. The van der Waals surface area contributed by atoms with Crippen molar-refractivity contribution in [1.82, 2.24) is 10.3 Å². The van der Waals surface area contributed by atoms with Crippen molar-refractivity contribution in [2.45, 2.75) is 23.0 Å². The van der Waals surface area contributed by atoms with Crippen LogP contribution in [0.2, 0.25) is 0 Å². The molecule has 1 saturated carbocycles. The van der Waals surface area contributed by atoms with Crippen molar-refractivity contribution in [2.24, 2.45) is 5.92 Å². The molecule has 1 aliphatic heterocycles. The maximum absolute atomic E-state index is 13.3. The van der Waals surface area contributed by atoms with Gasteiger partial charge in [0.2, 0.25) is 5.91 Å². The lowest BCUT2D eigenvalue weighted by Crippen LogP contribution is -2.33. The molecule has 0 radical (unpaired) electrons. The number of nitrogens with zero attached hydrogens (tertiary/aromatic N) is 1. The summed E-state index contributed by atoms with van der Waals surface area (Å²) in [5.74, 6) is 0.854. The summed E-state index contributed by atoms with van der Waals surface area (Å²) >= 11 is 0. The highest BCUT2D eigenvalue weighted by Crippen LogP contribution is 2.36. The molecule has 2 heterocycles. The molecule has 0 bridgehead atoms. The molecule has 1 amide bonds. The van der Waals surface area contributed by atoms with Gasteiger partial charge >= 0.3 is 0 Å². The molecule has 2 aliphatic rings. The van der Waals surface area contributed by atoms with Crippen molar-refractivity contribution in [3.8, 4) is 11.5 Å². The number of ether oxygens (including phenoxy) is 2. The smallest absolute Gasteiger partial charge is 0.223 e. The summed E-state index contributed by atoms with van der Waals surface area (Å²) < 4.78 is 37.7. The molecule has 4 rings (SSSR count). The summed E-state index contributed by atoms with van der Waals surface area (Å²) in [6.45, 7) is 0.808. The van der Waals surface area contributed by atoms with Crippen LogP contribution in [0.1, 0.15) is 23.7 Å². The van der Waals surface area contributed by atoms with Crippen LogP contribution in [-0.2, 0) is 14.6 Å². The summed E-state index contributed by atoms with van der Waals surface area (Å²) in [6, 6.07) is 7.98. The highest BCUT2D eigenvalue weighted by molar-refractivity contribution is 7.91. The number of fused-ring (bicyclic) bond motifs is 1. The van der Waals surface area contributed by atoms with Crippen molar-refractivity contribution in [3.63, 3.8) is 0 Å². The van der Waals surface area contributed by atoms with Gasteiger partial charge in [-0.25, -0.2) is 8.42 Å². The Hall–Kier alpha value is -2.61. The third-order valence-corrected chi connectivity index (χ3v) is 6.78. The first-order chi connectivity index (χ1) is 13.1. The minimum atomic E-state index is -3.78. The number of hydrogen-bond donors (Lipinski definition) is 1. The summed E-state index contributed by atoms with van der Waals surface area (Å²) in [7, 11) is -3.78. The van der Waals surface area contributed by atoms with Gasteiger partial charge in [-0.15, -0.1) is 0 Å². The third kappa shape index (κ3) is 3.75. The molecule has 1 atom stereocenters. The Kier molecular flexibility index (Phi) is 4.73. The van der Waals surface area contributed by atoms with Crippen molar-refractivity contribution in [3.05, 3.63) is 48.3 Å². The van der Waals surface area contributed by atoms with Gasteiger partial charge in [-0.1, -0.05) is 6.07 Å². The van der Waals surface area contributed by atoms with Crippen LogP contribution in [0.5, 0.6) is 11.5 Å². The first-order valence-electron chi connectivity index (χ1n) is 8.87. The number of pyridine rings is 1. The summed E-state index contributed by atoms with van der Waals surface area (Å²) in [6.07, 6.45) is 4.82. The van der Waals surface area contributed by atoms with E-state index in [1.807, 2.05) is 0 Å². The van der Waals surface area contributed by atoms with E-state index in [0.29, 0.717) is 30.3 Å². The van der Waals surface area contributed by atoms with E-state index in [1.54, 1.807) is 24.4 Å². The largest absolute Gasteiger partial charge is 0.486 e. The zero-order valence-corrected chi connectivity index (χ0v) is 15.4. The zero-order chi connectivity index (χ0) is 18.9. The van der Waals surface area contributed by atoms with Crippen LogP contribution in [-0.4, -0.2) is 39.1 Å². The van der Waals surface area contributed by atoms with E-state index in [-0.39, 0.29) is 23.3 Å². The lowest BCUT2D eigenvalue weighted by molar-refractivity contribution is -0.122. The van der Waals surface area contributed by atoms with Crippen molar-refractivity contribution in [2.75, 3.05) is 19.8 Å². The van der Waals surface area contributed by atoms with Crippen LogP contribution >= 0.6 is 0 Å². The molecule has 7 nitrogen and oxygen atoms in total. The molecule has 2 aromatic rings. The standard InChI is InChI=1S/C19H20N2O5S/c22-19(13-3-4-13)21-12-18(14-2-1-7-20-11-14)27(23,24)15-5-6-16-17(10-15)26-9-8-25-16/h1-2,5-7,10-11,13,18H,3-4,8-9,12H2,(H,21,22)/t18-/m0/s1. The Morgan fingerprint density at radius 2 is 1.96 bits per heavy atom. The van der Waals surface area contributed by atoms with E-state index in [1.165, 1.54) is 18.3 Å². The topological polar surface area (TPSA) is 94.6 Å². The van der Waals surface area contributed by atoms with E-state index >= 15 is 0 Å². The number of benzene rings is 1. The molecule has 0 spiro atoms. The van der Waals surface area contributed by atoms with Crippen molar-refractivity contribution in [1.29, 1.82) is 0 Å². The third-order valence-electron chi connectivity index (χ3n) is 4.68. The average Bonchev–Trinajstić information content (AvgIpc) is 3.53. The molecule has 142 valence electrons. The molecule has 1 aromatic heterocycles. The number of carbonyl (C=O) groups is 1. The summed E-state index contributed by atoms with van der Waals surface area (Å²) in [5.41, 5.74) is 0.531. The summed E-state index contributed by atoms with van der Waals surface area (Å²) in [5, 5.41) is 1.85. The van der Waals surface area contributed by atoms with Gasteiger partial charge in [-0.2, -0.15) is 0 Å². The second-order valence-electron chi connectivity index (χ2n) is 6.64. The first-order valence-corrected chi connectivity index (χ1v) is 10.4. The first kappa shape index (κ1) is 17.8. The molecule has 8 heteroatoms. The Morgan fingerprint density at radius 1 is 1.19 bits per heavy atom. The molecule has 1 N–H and O–H groups in total. The number of sulfone groups is 1. The number of aromatic nitrogens is 1. The van der Waals surface area contributed by atoms with Crippen LogP contribution in [0, 0.1) is 5.92 Å². The van der Waals surface area contributed by atoms with Gasteiger partial charge in [0.25, 0.3) is 0 Å². The fraction of sp³-hybridized carbons (Fsp3) is 0.368. The number of rotatable bonds is 6. The number of hydrogen-bond acceptors (Lipinski definition) is 6. The van der Waals surface area contributed by atoms with Crippen LogP contribution in [0.25, 0.3) is 0 Å². The van der Waals surface area contributed by atoms with Crippen molar-refractivity contribution < 1.29 is 22.7 Å². The Balaban J connectivity index is 1.65. The van der Waals surface area contributed by atoms with Gasteiger partial charge in [0.15, 0.2) is 21.3 Å².